The molecule has 0 saturated carbocycles. The number of hydrogen-bond donors (Lipinski definition) is 2. The van der Waals surface area contributed by atoms with E-state index in [1.807, 2.05) is 32.0 Å². The molecule has 0 atom stereocenters. The van der Waals surface area contributed by atoms with Gasteiger partial charge in [0.25, 0.3) is 0 Å². The summed E-state index contributed by atoms with van der Waals surface area (Å²) in [5, 5.41) is 12.3. The molecular formula is C14H14BrNO2S. The molecule has 0 amide bonds. The Morgan fingerprint density at radius 3 is 2.74 bits per heavy atom. The summed E-state index contributed by atoms with van der Waals surface area (Å²) in [6.45, 7) is 4.62. The van der Waals surface area contributed by atoms with Gasteiger partial charge in [-0.3, -0.25) is 0 Å². The van der Waals surface area contributed by atoms with E-state index < -0.39 is 5.97 Å². The molecule has 2 aromatic rings. The van der Waals surface area contributed by atoms with E-state index >= 15 is 0 Å². The van der Waals surface area contributed by atoms with Gasteiger partial charge in [-0.15, -0.1) is 11.3 Å². The van der Waals surface area contributed by atoms with Crippen LogP contribution in [0.5, 0.6) is 0 Å². The van der Waals surface area contributed by atoms with Crippen molar-refractivity contribution in [3.05, 3.63) is 49.6 Å². The second kappa shape index (κ2) is 5.75. The third-order valence-corrected chi connectivity index (χ3v) is 4.47. The second-order valence-corrected chi connectivity index (χ2v) is 6.48. The summed E-state index contributed by atoms with van der Waals surface area (Å²) >= 11 is 4.76. The number of aromatic carboxylic acids is 1. The van der Waals surface area contributed by atoms with E-state index in [2.05, 4.69) is 21.2 Å². The maximum absolute atomic E-state index is 10.9. The highest BCUT2D eigenvalue weighted by Crippen LogP contribution is 2.25. The highest BCUT2D eigenvalue weighted by atomic mass is 79.9. The fourth-order valence-electron chi connectivity index (χ4n) is 1.78. The van der Waals surface area contributed by atoms with Crippen LogP contribution in [0.1, 0.15) is 25.7 Å². The molecule has 0 saturated heterocycles. The van der Waals surface area contributed by atoms with Crippen LogP contribution in [0.2, 0.25) is 0 Å². The third-order valence-electron chi connectivity index (χ3n) is 2.90. The van der Waals surface area contributed by atoms with Gasteiger partial charge in [0.15, 0.2) is 0 Å². The number of carbonyl (C=O) groups is 1. The fourth-order valence-corrected chi connectivity index (χ4v) is 3.02. The molecule has 0 unspecified atom stereocenters. The smallest absolute Gasteiger partial charge is 0.345 e. The van der Waals surface area contributed by atoms with Crippen LogP contribution in [0.15, 0.2) is 28.7 Å². The Balaban J connectivity index is 2.14. The van der Waals surface area contributed by atoms with E-state index in [1.54, 1.807) is 6.07 Å². The van der Waals surface area contributed by atoms with Gasteiger partial charge in [-0.1, -0.05) is 22.0 Å². The van der Waals surface area contributed by atoms with Crippen LogP contribution < -0.4 is 5.32 Å². The summed E-state index contributed by atoms with van der Waals surface area (Å²) in [5.74, 6) is -0.863. The molecule has 0 spiro atoms. The standard InChI is InChI=1S/C14H14BrNO2S/c1-8-3-4-11(15)6-12(8)16-7-10-5-13(14(17)18)19-9(10)2/h3-6,16H,7H2,1-2H3,(H,17,18). The molecule has 1 aromatic heterocycles. The van der Waals surface area contributed by atoms with Crippen molar-refractivity contribution in [2.45, 2.75) is 20.4 Å². The Morgan fingerprint density at radius 1 is 1.37 bits per heavy atom. The van der Waals surface area contributed by atoms with Crippen molar-refractivity contribution in [1.29, 1.82) is 0 Å². The minimum atomic E-state index is -0.863. The van der Waals surface area contributed by atoms with Crippen molar-refractivity contribution in [2.24, 2.45) is 0 Å². The molecule has 0 aliphatic rings. The van der Waals surface area contributed by atoms with Gasteiger partial charge in [0.1, 0.15) is 4.88 Å². The summed E-state index contributed by atoms with van der Waals surface area (Å²) in [4.78, 5) is 12.4. The van der Waals surface area contributed by atoms with Crippen LogP contribution in [0.4, 0.5) is 5.69 Å². The van der Waals surface area contributed by atoms with Gasteiger partial charge in [-0.2, -0.15) is 0 Å². The lowest BCUT2D eigenvalue weighted by Crippen LogP contribution is -2.01. The van der Waals surface area contributed by atoms with Gasteiger partial charge in [-0.05, 0) is 43.2 Å². The largest absolute Gasteiger partial charge is 0.477 e. The molecule has 2 N–H and O–H groups in total. The molecule has 0 aliphatic carbocycles. The normalized spacial score (nSPS) is 10.5. The molecular weight excluding hydrogens is 326 g/mol. The molecule has 1 heterocycles. The number of aryl methyl sites for hydroxylation is 2. The van der Waals surface area contributed by atoms with Crippen molar-refractivity contribution in [3.8, 4) is 0 Å². The maximum atomic E-state index is 10.9. The summed E-state index contributed by atoms with van der Waals surface area (Å²) in [5.41, 5.74) is 3.24. The highest BCUT2D eigenvalue weighted by Gasteiger charge is 2.11. The Kier molecular flexibility index (Phi) is 4.27. The lowest BCUT2D eigenvalue weighted by atomic mass is 10.2. The summed E-state index contributed by atoms with van der Waals surface area (Å²) < 4.78 is 1.02. The molecule has 100 valence electrons. The molecule has 0 aliphatic heterocycles. The van der Waals surface area contributed by atoms with E-state index in [9.17, 15) is 4.79 Å². The highest BCUT2D eigenvalue weighted by molar-refractivity contribution is 9.10. The average molecular weight is 340 g/mol. The van der Waals surface area contributed by atoms with Crippen LogP contribution in [0, 0.1) is 13.8 Å². The van der Waals surface area contributed by atoms with E-state index in [0.717, 1.165) is 26.2 Å². The number of nitrogens with one attached hydrogen (secondary N) is 1. The van der Waals surface area contributed by atoms with E-state index in [0.29, 0.717) is 11.4 Å². The lowest BCUT2D eigenvalue weighted by molar-refractivity contribution is 0.0702. The number of carboxylic acid groups (broad SMARTS) is 1. The number of thiophene rings is 1. The number of hydrogen-bond acceptors (Lipinski definition) is 3. The first-order valence-corrected chi connectivity index (χ1v) is 7.41. The Hall–Kier alpha value is -1.33. The van der Waals surface area contributed by atoms with Crippen LogP contribution in [0.3, 0.4) is 0 Å². The van der Waals surface area contributed by atoms with Crippen molar-refractivity contribution >= 4 is 38.9 Å². The Bertz CT molecular complexity index is 622. The van der Waals surface area contributed by atoms with Crippen LogP contribution >= 0.6 is 27.3 Å². The Morgan fingerprint density at radius 2 is 2.11 bits per heavy atom. The van der Waals surface area contributed by atoms with Gasteiger partial charge in [0.05, 0.1) is 0 Å². The zero-order valence-electron chi connectivity index (χ0n) is 10.7. The molecule has 19 heavy (non-hydrogen) atoms. The minimum Gasteiger partial charge on any atom is -0.477 e. The predicted octanol–water partition coefficient (Wildman–Crippen LogP) is 4.44. The molecule has 3 nitrogen and oxygen atoms in total. The van der Waals surface area contributed by atoms with Gasteiger partial charge in [0.2, 0.25) is 0 Å². The van der Waals surface area contributed by atoms with Crippen molar-refractivity contribution in [1.82, 2.24) is 0 Å². The molecule has 2 rings (SSSR count). The molecule has 0 radical (unpaired) electrons. The van der Waals surface area contributed by atoms with Crippen LogP contribution in [-0.4, -0.2) is 11.1 Å². The number of carboxylic acids is 1. The summed E-state index contributed by atoms with van der Waals surface area (Å²) in [6, 6.07) is 7.80. The molecule has 0 bridgehead atoms. The van der Waals surface area contributed by atoms with E-state index in [4.69, 9.17) is 5.11 Å². The quantitative estimate of drug-likeness (QED) is 0.865. The summed E-state index contributed by atoms with van der Waals surface area (Å²) in [7, 11) is 0. The van der Waals surface area contributed by atoms with Gasteiger partial charge < -0.3 is 10.4 Å². The molecule has 5 heteroatoms. The first-order valence-electron chi connectivity index (χ1n) is 5.80. The topological polar surface area (TPSA) is 49.3 Å². The van der Waals surface area contributed by atoms with E-state index in [1.165, 1.54) is 11.3 Å². The SMILES string of the molecule is Cc1ccc(Br)cc1NCc1cc(C(=O)O)sc1C. The number of benzene rings is 1. The lowest BCUT2D eigenvalue weighted by Gasteiger charge is -2.09. The zero-order chi connectivity index (χ0) is 14.0. The fraction of sp³-hybridized carbons (Fsp3) is 0.214. The third kappa shape index (κ3) is 3.36. The van der Waals surface area contributed by atoms with Crippen LogP contribution in [0.25, 0.3) is 0 Å². The van der Waals surface area contributed by atoms with Gasteiger partial charge in [0, 0.05) is 21.6 Å². The van der Waals surface area contributed by atoms with Crippen LogP contribution in [-0.2, 0) is 6.54 Å². The summed E-state index contributed by atoms with van der Waals surface area (Å²) in [6.07, 6.45) is 0. The molecule has 0 fully saturated rings. The first kappa shape index (κ1) is 14.1. The zero-order valence-corrected chi connectivity index (χ0v) is 13.1. The average Bonchev–Trinajstić information content (AvgIpc) is 2.72. The molecule has 1 aromatic carbocycles. The van der Waals surface area contributed by atoms with Crippen molar-refractivity contribution in [3.63, 3.8) is 0 Å². The Labute approximate surface area is 124 Å². The van der Waals surface area contributed by atoms with Gasteiger partial charge in [-0.25, -0.2) is 4.79 Å². The monoisotopic (exact) mass is 339 g/mol. The number of anilines is 1. The van der Waals surface area contributed by atoms with Gasteiger partial charge >= 0.3 is 5.97 Å². The van der Waals surface area contributed by atoms with Crippen molar-refractivity contribution < 1.29 is 9.90 Å². The maximum Gasteiger partial charge on any atom is 0.345 e. The number of rotatable bonds is 4. The predicted molar refractivity (Wildman–Crippen MR) is 82.2 cm³/mol. The van der Waals surface area contributed by atoms with E-state index in [-0.39, 0.29) is 0 Å². The second-order valence-electron chi connectivity index (χ2n) is 4.31. The number of halogens is 1. The van der Waals surface area contributed by atoms with Crippen molar-refractivity contribution in [2.75, 3.05) is 5.32 Å². The first-order chi connectivity index (χ1) is 8.97. The minimum absolute atomic E-state index is 0.389.